The molecule has 0 saturated heterocycles. The van der Waals surface area contributed by atoms with Gasteiger partial charge in [-0.05, 0) is 36.6 Å². The first kappa shape index (κ1) is 19.5. The Kier molecular flexibility index (Phi) is 6.26. The van der Waals surface area contributed by atoms with E-state index < -0.39 is 0 Å². The third kappa shape index (κ3) is 4.37. The lowest BCUT2D eigenvalue weighted by Gasteiger charge is -2.06. The van der Waals surface area contributed by atoms with Crippen LogP contribution in [0.25, 0.3) is 10.2 Å². The lowest BCUT2D eigenvalue weighted by Crippen LogP contribution is -2.25. The molecule has 8 heteroatoms. The summed E-state index contributed by atoms with van der Waals surface area (Å²) in [6.07, 6.45) is 0.706. The molecule has 0 saturated carbocycles. The molecule has 0 radical (unpaired) electrons. The van der Waals surface area contributed by atoms with Crippen molar-refractivity contribution in [2.45, 2.75) is 20.0 Å². The van der Waals surface area contributed by atoms with Gasteiger partial charge >= 0.3 is 0 Å². The molecule has 0 aliphatic carbocycles. The Morgan fingerprint density at radius 2 is 2.11 bits per heavy atom. The van der Waals surface area contributed by atoms with Crippen LogP contribution in [0.3, 0.4) is 0 Å². The molecule has 0 aliphatic rings. The van der Waals surface area contributed by atoms with Gasteiger partial charge in [0.2, 0.25) is 5.88 Å². The second-order valence-corrected chi connectivity index (χ2v) is 7.39. The molecule has 142 valence electrons. The molecule has 1 N–H and O–H groups in total. The SMILES string of the molecule is COCc1nc(OC)c2c(C)c(C(=O)NCCc3cccc(Cl)c3)sc2n1. The van der Waals surface area contributed by atoms with E-state index in [4.69, 9.17) is 21.1 Å². The Labute approximate surface area is 166 Å². The highest BCUT2D eigenvalue weighted by atomic mass is 35.5. The number of nitrogens with one attached hydrogen (secondary N) is 1. The average molecular weight is 406 g/mol. The molecular formula is C19H20ClN3O3S. The normalized spacial score (nSPS) is 11.0. The van der Waals surface area contributed by atoms with E-state index in [1.165, 1.54) is 11.3 Å². The highest BCUT2D eigenvalue weighted by Crippen LogP contribution is 2.35. The number of hydrogen-bond donors (Lipinski definition) is 1. The molecular weight excluding hydrogens is 386 g/mol. The van der Waals surface area contributed by atoms with Gasteiger partial charge in [0.05, 0.1) is 17.4 Å². The standard InChI is InChI=1S/C19H20ClN3O3S/c1-11-15-18(26-3)22-14(10-25-2)23-19(15)27-16(11)17(24)21-8-7-12-5-4-6-13(20)9-12/h4-6,9H,7-8,10H2,1-3H3,(H,21,24). The fourth-order valence-corrected chi connectivity index (χ4v) is 4.11. The summed E-state index contributed by atoms with van der Waals surface area (Å²) in [6.45, 7) is 2.68. The van der Waals surface area contributed by atoms with E-state index in [-0.39, 0.29) is 12.5 Å². The molecule has 1 amide bonds. The molecule has 27 heavy (non-hydrogen) atoms. The van der Waals surface area contributed by atoms with Crippen LogP contribution in [0.1, 0.15) is 26.6 Å². The summed E-state index contributed by atoms with van der Waals surface area (Å²) in [5.74, 6) is 0.850. The van der Waals surface area contributed by atoms with Crippen molar-refractivity contribution in [3.05, 3.63) is 51.1 Å². The minimum atomic E-state index is -0.132. The summed E-state index contributed by atoms with van der Waals surface area (Å²) < 4.78 is 10.5. The molecule has 1 aromatic carbocycles. The van der Waals surface area contributed by atoms with E-state index in [0.717, 1.165) is 16.5 Å². The third-order valence-electron chi connectivity index (χ3n) is 4.06. The predicted molar refractivity (Wildman–Crippen MR) is 107 cm³/mol. The second-order valence-electron chi connectivity index (χ2n) is 5.95. The van der Waals surface area contributed by atoms with Crippen molar-refractivity contribution in [2.75, 3.05) is 20.8 Å². The monoisotopic (exact) mass is 405 g/mol. The lowest BCUT2D eigenvalue weighted by molar-refractivity contribution is 0.0957. The van der Waals surface area contributed by atoms with E-state index in [9.17, 15) is 4.79 Å². The molecule has 2 heterocycles. The van der Waals surface area contributed by atoms with Crippen LogP contribution >= 0.6 is 22.9 Å². The molecule has 2 aromatic heterocycles. The average Bonchev–Trinajstić information content (AvgIpc) is 2.98. The number of benzene rings is 1. The number of carbonyl (C=O) groups excluding carboxylic acids is 1. The van der Waals surface area contributed by atoms with E-state index in [1.807, 2.05) is 31.2 Å². The van der Waals surface area contributed by atoms with Crippen LogP contribution in [0.5, 0.6) is 5.88 Å². The maximum Gasteiger partial charge on any atom is 0.261 e. The van der Waals surface area contributed by atoms with Gasteiger partial charge < -0.3 is 14.8 Å². The van der Waals surface area contributed by atoms with Crippen molar-refractivity contribution in [3.8, 4) is 5.88 Å². The number of aryl methyl sites for hydroxylation is 1. The van der Waals surface area contributed by atoms with E-state index in [0.29, 0.717) is 39.4 Å². The highest BCUT2D eigenvalue weighted by molar-refractivity contribution is 7.20. The summed E-state index contributed by atoms with van der Waals surface area (Å²) in [6, 6.07) is 7.62. The minimum absolute atomic E-state index is 0.132. The van der Waals surface area contributed by atoms with Crippen LogP contribution in [-0.2, 0) is 17.8 Å². The zero-order valence-corrected chi connectivity index (χ0v) is 16.9. The molecule has 6 nitrogen and oxygen atoms in total. The van der Waals surface area contributed by atoms with Crippen molar-refractivity contribution < 1.29 is 14.3 Å². The van der Waals surface area contributed by atoms with Gasteiger partial charge in [-0.2, -0.15) is 4.98 Å². The van der Waals surface area contributed by atoms with Gasteiger partial charge in [0.25, 0.3) is 5.91 Å². The summed E-state index contributed by atoms with van der Waals surface area (Å²) in [7, 11) is 3.14. The highest BCUT2D eigenvalue weighted by Gasteiger charge is 2.21. The maximum absolute atomic E-state index is 12.7. The summed E-state index contributed by atoms with van der Waals surface area (Å²) in [5, 5.41) is 4.42. The second kappa shape index (κ2) is 8.65. The molecule has 0 unspecified atom stereocenters. The molecule has 0 spiro atoms. The van der Waals surface area contributed by atoms with Crippen LogP contribution in [0.15, 0.2) is 24.3 Å². The van der Waals surface area contributed by atoms with Crippen LogP contribution in [0.4, 0.5) is 0 Å². The Morgan fingerprint density at radius 3 is 2.81 bits per heavy atom. The number of carbonyl (C=O) groups is 1. The first-order valence-corrected chi connectivity index (χ1v) is 9.58. The maximum atomic E-state index is 12.7. The number of rotatable bonds is 7. The van der Waals surface area contributed by atoms with Crippen molar-refractivity contribution >= 4 is 39.1 Å². The number of fused-ring (bicyclic) bond motifs is 1. The number of amides is 1. The number of methoxy groups -OCH3 is 2. The van der Waals surface area contributed by atoms with Crippen molar-refractivity contribution in [1.82, 2.24) is 15.3 Å². The van der Waals surface area contributed by atoms with E-state index in [1.54, 1.807) is 14.2 Å². The topological polar surface area (TPSA) is 73.3 Å². The Bertz CT molecular complexity index is 974. The Morgan fingerprint density at radius 1 is 1.30 bits per heavy atom. The van der Waals surface area contributed by atoms with Gasteiger partial charge in [-0.3, -0.25) is 4.79 Å². The van der Waals surface area contributed by atoms with Gasteiger partial charge in [0.1, 0.15) is 11.4 Å². The number of hydrogen-bond acceptors (Lipinski definition) is 6. The number of nitrogens with zero attached hydrogens (tertiary/aromatic N) is 2. The first-order valence-electron chi connectivity index (χ1n) is 8.39. The van der Waals surface area contributed by atoms with Crippen LogP contribution in [-0.4, -0.2) is 36.6 Å². The quantitative estimate of drug-likeness (QED) is 0.647. The first-order chi connectivity index (χ1) is 13.0. The van der Waals surface area contributed by atoms with Gasteiger partial charge in [0.15, 0.2) is 5.82 Å². The van der Waals surface area contributed by atoms with Crippen molar-refractivity contribution in [3.63, 3.8) is 0 Å². The lowest BCUT2D eigenvalue weighted by atomic mass is 10.1. The van der Waals surface area contributed by atoms with E-state index >= 15 is 0 Å². The Hall–Kier alpha value is -2.22. The smallest absolute Gasteiger partial charge is 0.261 e. The third-order valence-corrected chi connectivity index (χ3v) is 5.48. The zero-order valence-electron chi connectivity index (χ0n) is 15.3. The zero-order chi connectivity index (χ0) is 19.4. The van der Waals surface area contributed by atoms with Crippen LogP contribution in [0, 0.1) is 6.92 Å². The molecule has 3 aromatic rings. The largest absolute Gasteiger partial charge is 0.480 e. The van der Waals surface area contributed by atoms with Gasteiger partial charge in [-0.1, -0.05) is 23.7 Å². The van der Waals surface area contributed by atoms with Crippen molar-refractivity contribution in [2.24, 2.45) is 0 Å². The summed E-state index contributed by atoms with van der Waals surface area (Å²) >= 11 is 7.32. The van der Waals surface area contributed by atoms with Gasteiger partial charge in [0, 0.05) is 18.7 Å². The number of thiophene rings is 1. The molecule has 0 bridgehead atoms. The predicted octanol–water partition coefficient (Wildman–Crippen LogP) is 3.78. The number of ether oxygens (including phenoxy) is 2. The van der Waals surface area contributed by atoms with Crippen LogP contribution in [0.2, 0.25) is 5.02 Å². The summed E-state index contributed by atoms with van der Waals surface area (Å²) in [4.78, 5) is 22.8. The van der Waals surface area contributed by atoms with Gasteiger partial charge in [-0.25, -0.2) is 4.98 Å². The Balaban J connectivity index is 1.79. The number of aromatic nitrogens is 2. The summed E-state index contributed by atoms with van der Waals surface area (Å²) in [5.41, 5.74) is 1.89. The molecule has 0 fully saturated rings. The van der Waals surface area contributed by atoms with E-state index in [2.05, 4.69) is 15.3 Å². The molecule has 0 aliphatic heterocycles. The molecule has 0 atom stereocenters. The van der Waals surface area contributed by atoms with Gasteiger partial charge in [-0.15, -0.1) is 11.3 Å². The minimum Gasteiger partial charge on any atom is -0.480 e. The molecule has 3 rings (SSSR count). The fourth-order valence-electron chi connectivity index (χ4n) is 2.80. The van der Waals surface area contributed by atoms with Crippen molar-refractivity contribution in [1.29, 1.82) is 0 Å². The fraction of sp³-hybridized carbons (Fsp3) is 0.316. The van der Waals surface area contributed by atoms with Crippen LogP contribution < -0.4 is 10.1 Å². The number of halogens is 1.